The van der Waals surface area contributed by atoms with Crippen molar-refractivity contribution in [2.45, 2.75) is 0 Å². The standard InChI is InChI=1S/C35H23N2.Y/c1-36-32-21-17-25(22-31(32)30-20-16-24-8-2-3-9-27(24)35(30)36)23-14-18-26(19-15-23)37-33-12-6-4-10-28(33)29-11-5-7-13-34(29)37;/h2-15,17-22H,1H3;/q-1;. The SMILES string of the molecule is Cn1c2ccc(-c3ccc(-n4c5ccccc5c5ccccc54)cc3)cc2c2c[c-]c3ccccc3c21.[Y]. The molecule has 2 heterocycles. The summed E-state index contributed by atoms with van der Waals surface area (Å²) in [7, 11) is 2.16. The third kappa shape index (κ3) is 3.34. The maximum absolute atomic E-state index is 3.49. The summed E-state index contributed by atoms with van der Waals surface area (Å²) in [6.07, 6.45) is 0. The van der Waals surface area contributed by atoms with E-state index in [1.807, 2.05) is 0 Å². The summed E-state index contributed by atoms with van der Waals surface area (Å²) >= 11 is 0. The summed E-state index contributed by atoms with van der Waals surface area (Å²) in [5.41, 5.74) is 8.59. The number of fused-ring (bicyclic) bond motifs is 8. The Balaban J connectivity index is 0.00000242. The van der Waals surface area contributed by atoms with E-state index >= 15 is 0 Å². The average molecular weight is 560 g/mol. The first-order chi connectivity index (χ1) is 18.3. The van der Waals surface area contributed by atoms with E-state index in [4.69, 9.17) is 0 Å². The van der Waals surface area contributed by atoms with Crippen LogP contribution in [-0.4, -0.2) is 9.13 Å². The minimum atomic E-state index is 0. The third-order valence-electron chi connectivity index (χ3n) is 7.83. The first-order valence-corrected chi connectivity index (χ1v) is 12.7. The van der Waals surface area contributed by atoms with Gasteiger partial charge < -0.3 is 9.13 Å². The molecule has 0 aliphatic rings. The summed E-state index contributed by atoms with van der Waals surface area (Å²) in [6, 6.07) is 47.2. The zero-order valence-electron chi connectivity index (χ0n) is 21.0. The van der Waals surface area contributed by atoms with E-state index in [9.17, 15) is 0 Å². The Kier molecular flexibility index (Phi) is 5.51. The molecule has 0 saturated heterocycles. The smallest absolute Gasteiger partial charge is 0.0541 e. The summed E-state index contributed by atoms with van der Waals surface area (Å²) in [6.45, 7) is 0. The minimum Gasteiger partial charge on any atom is -0.361 e. The van der Waals surface area contributed by atoms with Gasteiger partial charge in [-0.15, -0.1) is 29.7 Å². The Labute approximate surface area is 246 Å². The Morgan fingerprint density at radius 1 is 0.526 bits per heavy atom. The van der Waals surface area contributed by atoms with Crippen molar-refractivity contribution >= 4 is 54.4 Å². The Morgan fingerprint density at radius 2 is 1.13 bits per heavy atom. The molecule has 0 aliphatic heterocycles. The van der Waals surface area contributed by atoms with Crippen LogP contribution in [-0.2, 0) is 39.8 Å². The van der Waals surface area contributed by atoms with Crippen LogP contribution in [0.1, 0.15) is 0 Å². The van der Waals surface area contributed by atoms with Gasteiger partial charge in [-0.3, -0.25) is 0 Å². The fourth-order valence-corrected chi connectivity index (χ4v) is 6.09. The van der Waals surface area contributed by atoms with Gasteiger partial charge in [-0.05, 0) is 52.4 Å². The first-order valence-electron chi connectivity index (χ1n) is 12.7. The summed E-state index contributed by atoms with van der Waals surface area (Å²) < 4.78 is 4.68. The molecule has 0 saturated carbocycles. The van der Waals surface area contributed by atoms with Crippen molar-refractivity contribution in [3.05, 3.63) is 127 Å². The number of aromatic nitrogens is 2. The summed E-state index contributed by atoms with van der Waals surface area (Å²) in [5.74, 6) is 0. The first kappa shape index (κ1) is 23.4. The maximum atomic E-state index is 3.49. The van der Waals surface area contributed by atoms with Gasteiger partial charge in [0, 0.05) is 61.7 Å². The average Bonchev–Trinajstić information content (AvgIpc) is 3.45. The van der Waals surface area contributed by atoms with Gasteiger partial charge in [0.1, 0.15) is 0 Å². The number of hydrogen-bond acceptors (Lipinski definition) is 0. The van der Waals surface area contributed by atoms with Crippen LogP contribution in [0.25, 0.3) is 71.2 Å². The predicted molar refractivity (Wildman–Crippen MR) is 157 cm³/mol. The molecule has 8 rings (SSSR count). The van der Waals surface area contributed by atoms with Crippen molar-refractivity contribution in [3.63, 3.8) is 0 Å². The number of benzene rings is 6. The zero-order chi connectivity index (χ0) is 24.5. The summed E-state index contributed by atoms with van der Waals surface area (Å²) in [4.78, 5) is 0. The van der Waals surface area contributed by atoms with Crippen LogP contribution in [0.4, 0.5) is 0 Å². The van der Waals surface area contributed by atoms with E-state index in [1.54, 1.807) is 0 Å². The quantitative estimate of drug-likeness (QED) is 0.187. The predicted octanol–water partition coefficient (Wildman–Crippen LogP) is 9.05. The molecule has 177 valence electrons. The Morgan fingerprint density at radius 3 is 1.84 bits per heavy atom. The molecule has 0 unspecified atom stereocenters. The molecule has 38 heavy (non-hydrogen) atoms. The van der Waals surface area contributed by atoms with Crippen LogP contribution in [0.3, 0.4) is 0 Å². The zero-order valence-corrected chi connectivity index (χ0v) is 23.9. The van der Waals surface area contributed by atoms with Crippen molar-refractivity contribution in [2.75, 3.05) is 0 Å². The molecule has 0 fully saturated rings. The van der Waals surface area contributed by atoms with Crippen LogP contribution in [0, 0.1) is 6.07 Å². The molecular formula is C35H23N2Y-. The largest absolute Gasteiger partial charge is 0.361 e. The summed E-state index contributed by atoms with van der Waals surface area (Å²) in [5, 5.41) is 7.49. The van der Waals surface area contributed by atoms with Gasteiger partial charge in [-0.2, -0.15) is 0 Å². The topological polar surface area (TPSA) is 9.86 Å². The Hall–Kier alpha value is -3.72. The molecule has 8 aromatic rings. The van der Waals surface area contributed by atoms with Crippen molar-refractivity contribution in [1.29, 1.82) is 0 Å². The van der Waals surface area contributed by atoms with Crippen molar-refractivity contribution < 1.29 is 32.7 Å². The van der Waals surface area contributed by atoms with Crippen molar-refractivity contribution in [2.24, 2.45) is 7.05 Å². The molecule has 0 amide bonds. The van der Waals surface area contributed by atoms with Gasteiger partial charge in [0.2, 0.25) is 0 Å². The van der Waals surface area contributed by atoms with E-state index in [-0.39, 0.29) is 32.7 Å². The molecule has 0 N–H and O–H groups in total. The van der Waals surface area contributed by atoms with Crippen molar-refractivity contribution in [3.8, 4) is 16.8 Å². The van der Waals surface area contributed by atoms with Gasteiger partial charge in [0.15, 0.2) is 0 Å². The van der Waals surface area contributed by atoms with Crippen LogP contribution < -0.4 is 0 Å². The number of aryl methyl sites for hydroxylation is 1. The Bertz CT molecular complexity index is 2090. The van der Waals surface area contributed by atoms with E-state index in [2.05, 4.69) is 144 Å². The second kappa shape index (κ2) is 8.94. The van der Waals surface area contributed by atoms with E-state index in [1.165, 1.54) is 65.8 Å². The molecule has 2 nitrogen and oxygen atoms in total. The normalized spacial score (nSPS) is 11.6. The number of rotatable bonds is 2. The van der Waals surface area contributed by atoms with Gasteiger partial charge in [-0.25, -0.2) is 0 Å². The van der Waals surface area contributed by atoms with Crippen LogP contribution >= 0.6 is 0 Å². The minimum absolute atomic E-state index is 0. The number of hydrogen-bond donors (Lipinski definition) is 0. The van der Waals surface area contributed by atoms with Gasteiger partial charge in [0.05, 0.1) is 11.0 Å². The molecule has 2 aromatic heterocycles. The van der Waals surface area contributed by atoms with Crippen molar-refractivity contribution in [1.82, 2.24) is 9.13 Å². The van der Waals surface area contributed by atoms with Gasteiger partial charge in [0.25, 0.3) is 0 Å². The molecule has 0 bridgehead atoms. The van der Waals surface area contributed by atoms with E-state index in [0.717, 1.165) is 5.39 Å². The van der Waals surface area contributed by atoms with Crippen LogP contribution in [0.15, 0.2) is 121 Å². The fourth-order valence-electron chi connectivity index (χ4n) is 6.09. The van der Waals surface area contributed by atoms with Gasteiger partial charge in [-0.1, -0.05) is 83.6 Å². The molecule has 0 aliphatic carbocycles. The maximum Gasteiger partial charge on any atom is 0.0541 e. The molecule has 6 aromatic carbocycles. The van der Waals surface area contributed by atoms with Crippen LogP contribution in [0.5, 0.6) is 0 Å². The second-order valence-electron chi connectivity index (χ2n) is 9.80. The van der Waals surface area contributed by atoms with E-state index < -0.39 is 0 Å². The second-order valence-corrected chi connectivity index (χ2v) is 9.80. The number of para-hydroxylation sites is 2. The monoisotopic (exact) mass is 560 g/mol. The molecule has 1 radical (unpaired) electrons. The third-order valence-corrected chi connectivity index (χ3v) is 7.83. The number of nitrogens with zero attached hydrogens (tertiary/aromatic N) is 2. The molecule has 3 heteroatoms. The molecular weight excluding hydrogens is 537 g/mol. The van der Waals surface area contributed by atoms with Crippen LogP contribution in [0.2, 0.25) is 0 Å². The van der Waals surface area contributed by atoms with Gasteiger partial charge >= 0.3 is 0 Å². The molecule has 0 atom stereocenters. The fraction of sp³-hybridized carbons (Fsp3) is 0.0286. The molecule has 0 spiro atoms. The van der Waals surface area contributed by atoms with E-state index in [0.29, 0.717) is 0 Å².